The van der Waals surface area contributed by atoms with E-state index in [1.165, 1.54) is 11.1 Å². The standard InChI is InChI=1S/C14H24N2OS/c1-11-8-12(9-15-6-7-17-5)10-16-13(11)18-14(2,3)4/h8,10,15H,6-7,9H2,1-5H3. The van der Waals surface area contributed by atoms with Gasteiger partial charge in [-0.2, -0.15) is 0 Å². The van der Waals surface area contributed by atoms with Crippen LogP contribution in [0.1, 0.15) is 31.9 Å². The lowest BCUT2D eigenvalue weighted by Crippen LogP contribution is -2.18. The zero-order valence-corrected chi connectivity index (χ0v) is 12.9. The largest absolute Gasteiger partial charge is 0.383 e. The van der Waals surface area contributed by atoms with Crippen molar-refractivity contribution in [3.63, 3.8) is 0 Å². The van der Waals surface area contributed by atoms with E-state index < -0.39 is 0 Å². The number of pyridine rings is 1. The molecule has 0 fully saturated rings. The first-order valence-corrected chi connectivity index (χ1v) is 7.08. The molecular formula is C14H24N2OS. The van der Waals surface area contributed by atoms with E-state index in [0.717, 1.165) is 24.7 Å². The van der Waals surface area contributed by atoms with Crippen molar-refractivity contribution in [3.05, 3.63) is 23.4 Å². The Morgan fingerprint density at radius 3 is 2.67 bits per heavy atom. The average molecular weight is 268 g/mol. The van der Waals surface area contributed by atoms with Crippen molar-refractivity contribution in [1.82, 2.24) is 10.3 Å². The molecule has 0 amide bonds. The molecule has 0 radical (unpaired) electrons. The lowest BCUT2D eigenvalue weighted by Gasteiger charge is -2.18. The summed E-state index contributed by atoms with van der Waals surface area (Å²) < 4.78 is 5.20. The molecule has 0 aliphatic heterocycles. The smallest absolute Gasteiger partial charge is 0.0994 e. The van der Waals surface area contributed by atoms with Gasteiger partial charge in [-0.15, -0.1) is 11.8 Å². The van der Waals surface area contributed by atoms with Crippen LogP contribution in [0.2, 0.25) is 0 Å². The van der Waals surface area contributed by atoms with Gasteiger partial charge >= 0.3 is 0 Å². The Labute approximate surface area is 115 Å². The van der Waals surface area contributed by atoms with E-state index in [1.807, 2.05) is 18.0 Å². The van der Waals surface area contributed by atoms with Crippen LogP contribution in [0.15, 0.2) is 17.3 Å². The van der Waals surface area contributed by atoms with Crippen molar-refractivity contribution in [1.29, 1.82) is 0 Å². The Hall–Kier alpha value is -0.580. The van der Waals surface area contributed by atoms with Crippen molar-refractivity contribution >= 4 is 11.8 Å². The maximum Gasteiger partial charge on any atom is 0.0994 e. The molecule has 0 aliphatic rings. The maximum atomic E-state index is 5.00. The molecule has 0 unspecified atom stereocenters. The van der Waals surface area contributed by atoms with Crippen molar-refractivity contribution in [2.45, 2.75) is 44.0 Å². The van der Waals surface area contributed by atoms with Gasteiger partial charge in [0, 0.05) is 31.1 Å². The molecule has 3 nitrogen and oxygen atoms in total. The van der Waals surface area contributed by atoms with Crippen LogP contribution in [-0.2, 0) is 11.3 Å². The second kappa shape index (κ2) is 7.12. The Bertz CT molecular complexity index is 375. The van der Waals surface area contributed by atoms with Crippen LogP contribution in [0.4, 0.5) is 0 Å². The van der Waals surface area contributed by atoms with E-state index in [2.05, 4.69) is 44.1 Å². The number of hydrogen-bond acceptors (Lipinski definition) is 4. The van der Waals surface area contributed by atoms with Gasteiger partial charge in [0.05, 0.1) is 11.6 Å². The number of aryl methyl sites for hydroxylation is 1. The first kappa shape index (κ1) is 15.5. The van der Waals surface area contributed by atoms with Crippen molar-refractivity contribution in [2.24, 2.45) is 0 Å². The fraction of sp³-hybridized carbons (Fsp3) is 0.643. The first-order chi connectivity index (χ1) is 8.42. The average Bonchev–Trinajstić information content (AvgIpc) is 2.26. The predicted octanol–water partition coefficient (Wildman–Crippen LogP) is 3.02. The third-order valence-corrected chi connectivity index (χ3v) is 3.53. The number of thioether (sulfide) groups is 1. The van der Waals surface area contributed by atoms with Gasteiger partial charge < -0.3 is 10.1 Å². The fourth-order valence-corrected chi connectivity index (χ4v) is 2.43. The van der Waals surface area contributed by atoms with Crippen LogP contribution >= 0.6 is 11.8 Å². The number of nitrogens with zero attached hydrogens (tertiary/aromatic N) is 1. The Morgan fingerprint density at radius 1 is 1.39 bits per heavy atom. The zero-order chi connectivity index (χ0) is 13.6. The summed E-state index contributed by atoms with van der Waals surface area (Å²) in [5.74, 6) is 0. The zero-order valence-electron chi connectivity index (χ0n) is 12.0. The highest BCUT2D eigenvalue weighted by molar-refractivity contribution is 8.00. The number of aromatic nitrogens is 1. The van der Waals surface area contributed by atoms with E-state index in [-0.39, 0.29) is 4.75 Å². The fourth-order valence-electron chi connectivity index (χ4n) is 1.52. The number of hydrogen-bond donors (Lipinski definition) is 1. The van der Waals surface area contributed by atoms with Crippen molar-refractivity contribution < 1.29 is 4.74 Å². The molecule has 102 valence electrons. The van der Waals surface area contributed by atoms with Crippen LogP contribution in [0.25, 0.3) is 0 Å². The van der Waals surface area contributed by atoms with Gasteiger partial charge in [0.2, 0.25) is 0 Å². The van der Waals surface area contributed by atoms with Crippen molar-refractivity contribution in [2.75, 3.05) is 20.3 Å². The molecule has 1 rings (SSSR count). The Kier molecular flexibility index (Phi) is 6.12. The summed E-state index contributed by atoms with van der Waals surface area (Å²) in [6.45, 7) is 11.2. The first-order valence-electron chi connectivity index (χ1n) is 6.26. The second-order valence-electron chi connectivity index (χ2n) is 5.35. The highest BCUT2D eigenvalue weighted by Crippen LogP contribution is 2.32. The molecule has 0 atom stereocenters. The predicted molar refractivity (Wildman–Crippen MR) is 78.2 cm³/mol. The topological polar surface area (TPSA) is 34.1 Å². The molecule has 18 heavy (non-hydrogen) atoms. The highest BCUT2D eigenvalue weighted by Gasteiger charge is 2.14. The molecule has 0 saturated carbocycles. The van der Waals surface area contributed by atoms with Gasteiger partial charge in [-0.25, -0.2) is 4.98 Å². The molecule has 0 aliphatic carbocycles. The third-order valence-electron chi connectivity index (χ3n) is 2.30. The number of nitrogens with one attached hydrogen (secondary N) is 1. The van der Waals surface area contributed by atoms with Gasteiger partial charge in [0.15, 0.2) is 0 Å². The summed E-state index contributed by atoms with van der Waals surface area (Å²) >= 11 is 1.82. The molecule has 1 aromatic heterocycles. The van der Waals surface area contributed by atoms with E-state index in [9.17, 15) is 0 Å². The molecule has 4 heteroatoms. The van der Waals surface area contributed by atoms with Gasteiger partial charge in [-0.05, 0) is 18.1 Å². The molecule has 0 bridgehead atoms. The van der Waals surface area contributed by atoms with Gasteiger partial charge in [-0.3, -0.25) is 0 Å². The molecule has 0 saturated heterocycles. The quantitative estimate of drug-likeness (QED) is 0.635. The normalized spacial score (nSPS) is 11.8. The van der Waals surface area contributed by atoms with Crippen LogP contribution in [0.5, 0.6) is 0 Å². The van der Waals surface area contributed by atoms with Gasteiger partial charge in [-0.1, -0.05) is 26.8 Å². The molecule has 1 heterocycles. The third kappa shape index (κ3) is 5.85. The summed E-state index contributed by atoms with van der Waals surface area (Å²) in [7, 11) is 1.71. The van der Waals surface area contributed by atoms with E-state index in [1.54, 1.807) is 7.11 Å². The minimum Gasteiger partial charge on any atom is -0.383 e. The van der Waals surface area contributed by atoms with Crippen LogP contribution < -0.4 is 5.32 Å². The SMILES string of the molecule is COCCNCc1cnc(SC(C)(C)C)c(C)c1. The lowest BCUT2D eigenvalue weighted by atomic mass is 10.2. The van der Waals surface area contributed by atoms with Gasteiger partial charge in [0.25, 0.3) is 0 Å². The summed E-state index contributed by atoms with van der Waals surface area (Å²) in [6, 6.07) is 2.21. The highest BCUT2D eigenvalue weighted by atomic mass is 32.2. The molecule has 0 aromatic carbocycles. The second-order valence-corrected chi connectivity index (χ2v) is 7.17. The van der Waals surface area contributed by atoms with Gasteiger partial charge in [0.1, 0.15) is 0 Å². The molecule has 0 spiro atoms. The van der Waals surface area contributed by atoms with E-state index >= 15 is 0 Å². The maximum absolute atomic E-state index is 5.00. The Morgan fingerprint density at radius 2 is 2.11 bits per heavy atom. The number of methoxy groups -OCH3 is 1. The molecule has 1 N–H and O–H groups in total. The van der Waals surface area contributed by atoms with E-state index in [4.69, 9.17) is 4.74 Å². The molecular weight excluding hydrogens is 244 g/mol. The van der Waals surface area contributed by atoms with Crippen molar-refractivity contribution in [3.8, 4) is 0 Å². The monoisotopic (exact) mass is 268 g/mol. The van der Waals surface area contributed by atoms with Crippen LogP contribution in [-0.4, -0.2) is 30.0 Å². The summed E-state index contributed by atoms with van der Waals surface area (Å²) in [4.78, 5) is 4.55. The number of rotatable bonds is 6. The van der Waals surface area contributed by atoms with Crippen LogP contribution in [0.3, 0.4) is 0 Å². The number of ether oxygens (including phenoxy) is 1. The summed E-state index contributed by atoms with van der Waals surface area (Å²) in [6.07, 6.45) is 1.96. The minimum absolute atomic E-state index is 0.204. The summed E-state index contributed by atoms with van der Waals surface area (Å²) in [5.41, 5.74) is 2.47. The van der Waals surface area contributed by atoms with Crippen LogP contribution in [0, 0.1) is 6.92 Å². The molecule has 1 aromatic rings. The lowest BCUT2D eigenvalue weighted by molar-refractivity contribution is 0.199. The minimum atomic E-state index is 0.204. The van der Waals surface area contributed by atoms with E-state index in [0.29, 0.717) is 0 Å². The summed E-state index contributed by atoms with van der Waals surface area (Å²) in [5, 5.41) is 4.45. The Balaban J connectivity index is 2.56.